The molecule has 0 aliphatic carbocycles. The zero-order chi connectivity index (χ0) is 19.4. The Morgan fingerprint density at radius 3 is 2.22 bits per heavy atom. The smallest absolute Gasteiger partial charge is 0.263 e. The fourth-order valence-electron chi connectivity index (χ4n) is 2.93. The van der Waals surface area contributed by atoms with Crippen LogP contribution in [-0.2, 0) is 14.8 Å². The highest BCUT2D eigenvalue weighted by Gasteiger charge is 2.32. The molecule has 3 rings (SSSR count). The van der Waals surface area contributed by atoms with Crippen molar-refractivity contribution in [3.05, 3.63) is 59.6 Å². The van der Waals surface area contributed by atoms with E-state index >= 15 is 0 Å². The Labute approximate surface area is 164 Å². The topological polar surface area (TPSA) is 66.9 Å². The molecule has 1 unspecified atom stereocenters. The maximum atomic E-state index is 12.7. The number of hydrogen-bond acceptors (Lipinski definition) is 4. The molecule has 144 valence electrons. The first-order valence-corrected chi connectivity index (χ1v) is 10.5. The third-order valence-electron chi connectivity index (χ3n) is 4.42. The summed E-state index contributed by atoms with van der Waals surface area (Å²) in [5.41, 5.74) is 0. The molecule has 0 spiro atoms. The molecule has 1 fully saturated rings. The Morgan fingerprint density at radius 1 is 1.00 bits per heavy atom. The predicted octanol–water partition coefficient (Wildman–Crippen LogP) is 2.64. The van der Waals surface area contributed by atoms with Gasteiger partial charge in [0.25, 0.3) is 5.91 Å². The molecule has 6 nitrogen and oxygen atoms in total. The second-order valence-electron chi connectivity index (χ2n) is 6.23. The summed E-state index contributed by atoms with van der Waals surface area (Å²) in [6, 6.07) is 15.3. The number of amides is 1. The number of carbonyl (C=O) groups is 1. The number of piperazine rings is 1. The van der Waals surface area contributed by atoms with E-state index in [1.807, 2.05) is 0 Å². The molecule has 1 aliphatic rings. The van der Waals surface area contributed by atoms with Crippen molar-refractivity contribution in [2.75, 3.05) is 26.2 Å². The minimum absolute atomic E-state index is 0.188. The first-order chi connectivity index (χ1) is 12.9. The molecule has 0 bridgehead atoms. The van der Waals surface area contributed by atoms with Crippen LogP contribution in [0.1, 0.15) is 6.92 Å². The lowest BCUT2D eigenvalue weighted by atomic mass is 10.2. The van der Waals surface area contributed by atoms with Crippen molar-refractivity contribution in [3.63, 3.8) is 0 Å². The maximum absolute atomic E-state index is 12.7. The third kappa shape index (κ3) is 4.43. The molecule has 0 radical (unpaired) electrons. The highest BCUT2D eigenvalue weighted by molar-refractivity contribution is 7.89. The number of para-hydroxylation sites is 1. The van der Waals surface area contributed by atoms with Crippen LogP contribution in [0.2, 0.25) is 5.02 Å². The van der Waals surface area contributed by atoms with E-state index in [2.05, 4.69) is 0 Å². The van der Waals surface area contributed by atoms with Crippen LogP contribution in [0.5, 0.6) is 5.75 Å². The molecular formula is C19H21ClN2O4S. The lowest BCUT2D eigenvalue weighted by Gasteiger charge is -2.35. The predicted molar refractivity (Wildman–Crippen MR) is 103 cm³/mol. The van der Waals surface area contributed by atoms with Crippen LogP contribution in [0.15, 0.2) is 59.5 Å². The molecule has 1 heterocycles. The lowest BCUT2D eigenvalue weighted by molar-refractivity contribution is -0.139. The van der Waals surface area contributed by atoms with E-state index in [1.165, 1.54) is 4.31 Å². The zero-order valence-corrected chi connectivity index (χ0v) is 16.5. The molecule has 27 heavy (non-hydrogen) atoms. The second-order valence-corrected chi connectivity index (χ2v) is 8.58. The first kappa shape index (κ1) is 19.7. The van der Waals surface area contributed by atoms with Crippen molar-refractivity contribution >= 4 is 27.5 Å². The van der Waals surface area contributed by atoms with Crippen molar-refractivity contribution in [2.24, 2.45) is 0 Å². The fraction of sp³-hybridized carbons (Fsp3) is 0.316. The highest BCUT2D eigenvalue weighted by atomic mass is 35.5. The van der Waals surface area contributed by atoms with Gasteiger partial charge in [0.1, 0.15) is 5.75 Å². The number of hydrogen-bond donors (Lipinski definition) is 0. The number of benzene rings is 2. The summed E-state index contributed by atoms with van der Waals surface area (Å²) in [5.74, 6) is 0.261. The normalized spacial score (nSPS) is 16.7. The Balaban J connectivity index is 1.60. The van der Waals surface area contributed by atoms with E-state index in [1.54, 1.807) is 66.4 Å². The van der Waals surface area contributed by atoms with Gasteiger partial charge in [0.2, 0.25) is 10.0 Å². The van der Waals surface area contributed by atoms with Gasteiger partial charge in [-0.25, -0.2) is 8.42 Å². The minimum atomic E-state index is -3.54. The molecular weight excluding hydrogens is 388 g/mol. The van der Waals surface area contributed by atoms with Crippen molar-refractivity contribution < 1.29 is 17.9 Å². The van der Waals surface area contributed by atoms with Gasteiger partial charge in [-0.2, -0.15) is 4.31 Å². The highest BCUT2D eigenvalue weighted by Crippen LogP contribution is 2.25. The van der Waals surface area contributed by atoms with Crippen molar-refractivity contribution in [3.8, 4) is 5.75 Å². The molecule has 0 saturated carbocycles. The van der Waals surface area contributed by atoms with Crippen LogP contribution < -0.4 is 4.74 Å². The number of nitrogens with zero attached hydrogens (tertiary/aromatic N) is 2. The molecule has 1 atom stereocenters. The Hall–Kier alpha value is -2.09. The van der Waals surface area contributed by atoms with Gasteiger partial charge < -0.3 is 9.64 Å². The van der Waals surface area contributed by atoms with Gasteiger partial charge in [0, 0.05) is 26.2 Å². The zero-order valence-electron chi connectivity index (χ0n) is 14.9. The van der Waals surface area contributed by atoms with E-state index in [-0.39, 0.29) is 23.9 Å². The van der Waals surface area contributed by atoms with Crippen LogP contribution in [0.25, 0.3) is 0 Å². The van der Waals surface area contributed by atoms with Gasteiger partial charge in [-0.1, -0.05) is 41.9 Å². The first-order valence-electron chi connectivity index (χ1n) is 8.65. The Morgan fingerprint density at radius 2 is 1.59 bits per heavy atom. The monoisotopic (exact) mass is 408 g/mol. The van der Waals surface area contributed by atoms with Gasteiger partial charge in [0.15, 0.2) is 6.10 Å². The molecule has 8 heteroatoms. The minimum Gasteiger partial charge on any atom is -0.479 e. The fourth-order valence-corrected chi connectivity index (χ4v) is 4.55. The summed E-state index contributed by atoms with van der Waals surface area (Å²) in [6.07, 6.45) is -0.706. The van der Waals surface area contributed by atoms with Crippen LogP contribution in [0.4, 0.5) is 0 Å². The summed E-state index contributed by atoms with van der Waals surface area (Å²) < 4.78 is 32.4. The molecule has 1 amide bonds. The molecule has 2 aromatic carbocycles. The van der Waals surface area contributed by atoms with Crippen molar-refractivity contribution in [2.45, 2.75) is 17.9 Å². The van der Waals surface area contributed by atoms with Gasteiger partial charge in [-0.3, -0.25) is 4.79 Å². The summed E-state index contributed by atoms with van der Waals surface area (Å²) in [6.45, 7) is 2.81. The van der Waals surface area contributed by atoms with Crippen LogP contribution >= 0.6 is 11.6 Å². The van der Waals surface area contributed by atoms with Gasteiger partial charge in [-0.05, 0) is 31.2 Å². The number of halogens is 1. The summed E-state index contributed by atoms with van der Waals surface area (Å²) in [7, 11) is -3.54. The second kappa shape index (κ2) is 8.29. The molecule has 1 aliphatic heterocycles. The summed E-state index contributed by atoms with van der Waals surface area (Å²) >= 11 is 6.06. The van der Waals surface area contributed by atoms with E-state index < -0.39 is 16.1 Å². The number of rotatable bonds is 5. The lowest BCUT2D eigenvalue weighted by Crippen LogP contribution is -2.53. The standard InChI is InChI=1S/C19H21ClN2O4S/c1-15(26-18-10-6-5-9-17(18)20)19(23)21-11-13-22(14-12-21)27(24,25)16-7-3-2-4-8-16/h2-10,15H,11-14H2,1H3. The molecule has 2 aromatic rings. The van der Waals surface area contributed by atoms with E-state index in [0.717, 1.165) is 0 Å². The molecule has 0 aromatic heterocycles. The molecule has 0 N–H and O–H groups in total. The summed E-state index contributed by atoms with van der Waals surface area (Å²) in [4.78, 5) is 14.5. The van der Waals surface area contributed by atoms with Crippen LogP contribution in [0, 0.1) is 0 Å². The summed E-state index contributed by atoms with van der Waals surface area (Å²) in [5, 5.41) is 0.441. The van der Waals surface area contributed by atoms with E-state index in [4.69, 9.17) is 16.3 Å². The van der Waals surface area contributed by atoms with Crippen LogP contribution in [0.3, 0.4) is 0 Å². The quantitative estimate of drug-likeness (QED) is 0.762. The van der Waals surface area contributed by atoms with Gasteiger partial charge in [-0.15, -0.1) is 0 Å². The largest absolute Gasteiger partial charge is 0.479 e. The average Bonchev–Trinajstić information content (AvgIpc) is 2.70. The van der Waals surface area contributed by atoms with Crippen LogP contribution in [-0.4, -0.2) is 55.8 Å². The number of sulfonamides is 1. The average molecular weight is 409 g/mol. The third-order valence-corrected chi connectivity index (χ3v) is 6.64. The van der Waals surface area contributed by atoms with Gasteiger partial charge in [0.05, 0.1) is 9.92 Å². The SMILES string of the molecule is CC(Oc1ccccc1Cl)C(=O)N1CCN(S(=O)(=O)c2ccccc2)CC1. The van der Waals surface area contributed by atoms with Crippen molar-refractivity contribution in [1.29, 1.82) is 0 Å². The molecule has 1 saturated heterocycles. The number of ether oxygens (including phenoxy) is 1. The Bertz CT molecular complexity index is 897. The maximum Gasteiger partial charge on any atom is 0.263 e. The Kier molecular flexibility index (Phi) is 6.04. The van der Waals surface area contributed by atoms with E-state index in [0.29, 0.717) is 23.9 Å². The number of carbonyl (C=O) groups excluding carboxylic acids is 1. The van der Waals surface area contributed by atoms with E-state index in [9.17, 15) is 13.2 Å². The van der Waals surface area contributed by atoms with Crippen molar-refractivity contribution in [1.82, 2.24) is 9.21 Å². The van der Waals surface area contributed by atoms with Gasteiger partial charge >= 0.3 is 0 Å².